The Morgan fingerprint density at radius 1 is 1.33 bits per heavy atom. The van der Waals surface area contributed by atoms with E-state index in [1.165, 1.54) is 12.3 Å². The lowest BCUT2D eigenvalue weighted by Crippen LogP contribution is -2.08. The fourth-order valence-electron chi connectivity index (χ4n) is 2.07. The first kappa shape index (κ1) is 15.0. The number of hydrogen-bond acceptors (Lipinski definition) is 4. The maximum atomic E-state index is 10.7. The summed E-state index contributed by atoms with van der Waals surface area (Å²) in [6.07, 6.45) is 5.45. The van der Waals surface area contributed by atoms with Crippen molar-refractivity contribution in [3.8, 4) is 5.75 Å². The number of carboxylic acids is 1. The van der Waals surface area contributed by atoms with Crippen LogP contribution in [0.4, 0.5) is 0 Å². The molecule has 0 radical (unpaired) electrons. The topological polar surface area (TPSA) is 77.2 Å². The third kappa shape index (κ3) is 3.81. The average Bonchev–Trinajstić information content (AvgIpc) is 2.96. The van der Waals surface area contributed by atoms with Crippen molar-refractivity contribution in [1.82, 2.24) is 14.8 Å². The molecular formula is C15H19N3O3. The molecular weight excluding hydrogens is 270 g/mol. The Balaban J connectivity index is 1.95. The lowest BCUT2D eigenvalue weighted by atomic mass is 10.2. The van der Waals surface area contributed by atoms with Crippen molar-refractivity contribution in [2.45, 2.75) is 39.3 Å². The molecule has 0 saturated carbocycles. The summed E-state index contributed by atoms with van der Waals surface area (Å²) < 4.78 is 7.52. The molecule has 0 bridgehead atoms. The van der Waals surface area contributed by atoms with Crippen LogP contribution in [0.2, 0.25) is 0 Å². The van der Waals surface area contributed by atoms with E-state index >= 15 is 0 Å². The van der Waals surface area contributed by atoms with Crippen LogP contribution in [0.1, 0.15) is 48.9 Å². The number of nitrogens with zero attached hydrogens (tertiary/aromatic N) is 3. The summed E-state index contributed by atoms with van der Waals surface area (Å²) in [6.45, 7) is 4.62. The lowest BCUT2D eigenvalue weighted by Gasteiger charge is -2.12. The SMILES string of the molecule is CCC(CC)n1ccc(COc2ccc(C(=O)O)nc2)n1. The van der Waals surface area contributed by atoms with Crippen LogP contribution in [0.15, 0.2) is 30.6 Å². The number of hydrogen-bond donors (Lipinski definition) is 1. The average molecular weight is 289 g/mol. The van der Waals surface area contributed by atoms with Crippen LogP contribution in [-0.4, -0.2) is 25.8 Å². The highest BCUT2D eigenvalue weighted by Crippen LogP contribution is 2.16. The third-order valence-corrected chi connectivity index (χ3v) is 3.32. The van der Waals surface area contributed by atoms with Crippen LogP contribution in [0, 0.1) is 0 Å². The fraction of sp³-hybridized carbons (Fsp3) is 0.400. The summed E-state index contributed by atoms with van der Waals surface area (Å²) in [6, 6.07) is 5.35. The van der Waals surface area contributed by atoms with E-state index in [-0.39, 0.29) is 5.69 Å². The Morgan fingerprint density at radius 3 is 2.67 bits per heavy atom. The number of aromatic nitrogens is 3. The molecule has 0 aromatic carbocycles. The zero-order chi connectivity index (χ0) is 15.2. The maximum absolute atomic E-state index is 10.7. The monoisotopic (exact) mass is 289 g/mol. The van der Waals surface area contributed by atoms with E-state index in [9.17, 15) is 4.79 Å². The Bertz CT molecular complexity index is 588. The molecule has 0 amide bonds. The van der Waals surface area contributed by atoms with Crippen molar-refractivity contribution in [2.24, 2.45) is 0 Å². The first-order valence-electron chi connectivity index (χ1n) is 7.00. The molecule has 112 valence electrons. The van der Waals surface area contributed by atoms with Gasteiger partial charge < -0.3 is 9.84 Å². The summed E-state index contributed by atoms with van der Waals surface area (Å²) in [7, 11) is 0. The summed E-state index contributed by atoms with van der Waals surface area (Å²) >= 11 is 0. The quantitative estimate of drug-likeness (QED) is 0.848. The van der Waals surface area contributed by atoms with Crippen molar-refractivity contribution in [2.75, 3.05) is 0 Å². The standard InChI is InChI=1S/C15H19N3O3/c1-3-12(4-2)18-8-7-11(17-18)10-21-13-5-6-14(15(19)20)16-9-13/h5-9,12H,3-4,10H2,1-2H3,(H,19,20). The van der Waals surface area contributed by atoms with Gasteiger partial charge in [-0.1, -0.05) is 13.8 Å². The molecule has 0 saturated heterocycles. The molecule has 0 aliphatic heterocycles. The number of carboxylic acid groups (broad SMARTS) is 1. The molecule has 2 rings (SSSR count). The molecule has 1 N–H and O–H groups in total. The molecule has 0 aliphatic rings. The third-order valence-electron chi connectivity index (χ3n) is 3.32. The van der Waals surface area contributed by atoms with Crippen LogP contribution in [0.3, 0.4) is 0 Å². The van der Waals surface area contributed by atoms with Crippen LogP contribution in [-0.2, 0) is 6.61 Å². The van der Waals surface area contributed by atoms with Crippen LogP contribution in [0.25, 0.3) is 0 Å². The van der Waals surface area contributed by atoms with Crippen molar-refractivity contribution in [3.05, 3.63) is 42.0 Å². The largest absolute Gasteiger partial charge is 0.486 e. The first-order chi connectivity index (χ1) is 10.1. The first-order valence-corrected chi connectivity index (χ1v) is 7.00. The molecule has 0 unspecified atom stereocenters. The van der Waals surface area contributed by atoms with Gasteiger partial charge >= 0.3 is 5.97 Å². The predicted molar refractivity (Wildman–Crippen MR) is 77.4 cm³/mol. The summed E-state index contributed by atoms with van der Waals surface area (Å²) in [5.74, 6) is -0.525. The van der Waals surface area contributed by atoms with Crippen LogP contribution < -0.4 is 4.74 Å². The van der Waals surface area contributed by atoms with Gasteiger partial charge in [0.25, 0.3) is 0 Å². The second-order valence-corrected chi connectivity index (χ2v) is 4.73. The maximum Gasteiger partial charge on any atom is 0.354 e. The molecule has 6 heteroatoms. The Kier molecular flexibility index (Phi) is 4.92. The molecule has 0 atom stereocenters. The molecule has 2 aromatic heterocycles. The highest BCUT2D eigenvalue weighted by molar-refractivity contribution is 5.85. The van der Waals surface area contributed by atoms with Crippen molar-refractivity contribution < 1.29 is 14.6 Å². The van der Waals surface area contributed by atoms with Gasteiger partial charge in [-0.05, 0) is 31.0 Å². The molecule has 6 nitrogen and oxygen atoms in total. The number of rotatable bonds is 7. The van der Waals surface area contributed by atoms with Gasteiger partial charge in [0.15, 0.2) is 0 Å². The molecule has 21 heavy (non-hydrogen) atoms. The van der Waals surface area contributed by atoms with Gasteiger partial charge in [-0.2, -0.15) is 5.10 Å². The minimum atomic E-state index is -1.05. The Hall–Kier alpha value is -2.37. The van der Waals surface area contributed by atoms with Gasteiger partial charge in [0.1, 0.15) is 18.1 Å². The Labute approximate surface area is 123 Å². The van der Waals surface area contributed by atoms with Gasteiger partial charge in [0.2, 0.25) is 0 Å². The number of carbonyl (C=O) groups is 1. The van der Waals surface area contributed by atoms with Crippen molar-refractivity contribution >= 4 is 5.97 Å². The minimum Gasteiger partial charge on any atom is -0.486 e. The second-order valence-electron chi connectivity index (χ2n) is 4.73. The Morgan fingerprint density at radius 2 is 2.10 bits per heavy atom. The second kappa shape index (κ2) is 6.88. The molecule has 0 aliphatic carbocycles. The van der Waals surface area contributed by atoms with E-state index in [0.29, 0.717) is 18.4 Å². The smallest absolute Gasteiger partial charge is 0.354 e. The predicted octanol–water partition coefficient (Wildman–Crippen LogP) is 2.92. The highest BCUT2D eigenvalue weighted by Gasteiger charge is 2.09. The zero-order valence-corrected chi connectivity index (χ0v) is 12.2. The summed E-state index contributed by atoms with van der Waals surface area (Å²) in [5.41, 5.74) is 0.838. The molecule has 0 fully saturated rings. The van der Waals surface area contributed by atoms with E-state index in [2.05, 4.69) is 23.9 Å². The van der Waals surface area contributed by atoms with Crippen LogP contribution >= 0.6 is 0 Å². The summed E-state index contributed by atoms with van der Waals surface area (Å²) in [5, 5.41) is 13.3. The number of pyridine rings is 1. The van der Waals surface area contributed by atoms with Gasteiger partial charge in [0.05, 0.1) is 17.9 Å². The normalized spacial score (nSPS) is 10.8. The van der Waals surface area contributed by atoms with E-state index in [0.717, 1.165) is 18.5 Å². The van der Waals surface area contributed by atoms with E-state index in [1.54, 1.807) is 6.07 Å². The highest BCUT2D eigenvalue weighted by atomic mass is 16.5. The molecule has 2 heterocycles. The number of aromatic carboxylic acids is 1. The fourth-order valence-corrected chi connectivity index (χ4v) is 2.07. The van der Waals surface area contributed by atoms with Crippen LogP contribution in [0.5, 0.6) is 5.75 Å². The van der Waals surface area contributed by atoms with E-state index in [4.69, 9.17) is 9.84 Å². The number of ether oxygens (including phenoxy) is 1. The van der Waals surface area contributed by atoms with Gasteiger partial charge in [-0.25, -0.2) is 9.78 Å². The molecule has 0 spiro atoms. The van der Waals surface area contributed by atoms with Gasteiger partial charge in [-0.3, -0.25) is 4.68 Å². The minimum absolute atomic E-state index is 0.000335. The van der Waals surface area contributed by atoms with Crippen molar-refractivity contribution in [3.63, 3.8) is 0 Å². The lowest BCUT2D eigenvalue weighted by molar-refractivity contribution is 0.0690. The van der Waals surface area contributed by atoms with Gasteiger partial charge in [0, 0.05) is 6.20 Å². The van der Waals surface area contributed by atoms with Gasteiger partial charge in [-0.15, -0.1) is 0 Å². The van der Waals surface area contributed by atoms with Crippen molar-refractivity contribution in [1.29, 1.82) is 0 Å². The molecule has 2 aromatic rings. The van der Waals surface area contributed by atoms with E-state index in [1.807, 2.05) is 16.9 Å². The zero-order valence-electron chi connectivity index (χ0n) is 12.2. The summed E-state index contributed by atoms with van der Waals surface area (Å²) in [4.78, 5) is 14.5. The van der Waals surface area contributed by atoms with E-state index < -0.39 is 5.97 Å².